The predicted molar refractivity (Wildman–Crippen MR) is 88.1 cm³/mol. The van der Waals surface area contributed by atoms with Crippen LogP contribution in [0.1, 0.15) is 51.4 Å². The number of aromatic nitrogens is 4. The third kappa shape index (κ3) is 2.45. The van der Waals surface area contributed by atoms with Crippen LogP contribution >= 0.6 is 0 Å². The molecule has 6 rings (SSSR count). The van der Waals surface area contributed by atoms with E-state index in [0.717, 1.165) is 43.4 Å². The molecule has 4 saturated carbocycles. The van der Waals surface area contributed by atoms with Crippen molar-refractivity contribution in [3.05, 3.63) is 0 Å². The number of amides is 2. The molecule has 8 heteroatoms. The second kappa shape index (κ2) is 5.51. The molecular formula is C17H24N6O2. The van der Waals surface area contributed by atoms with Gasteiger partial charge in [0, 0.05) is 6.54 Å². The van der Waals surface area contributed by atoms with Crippen LogP contribution in [0.25, 0.3) is 0 Å². The van der Waals surface area contributed by atoms with Gasteiger partial charge in [-0.2, -0.15) is 5.21 Å². The van der Waals surface area contributed by atoms with E-state index in [0.29, 0.717) is 13.0 Å². The number of rotatable bonds is 3. The molecule has 2 heterocycles. The third-order valence-electron chi connectivity index (χ3n) is 6.89. The quantitative estimate of drug-likeness (QED) is 0.861. The lowest BCUT2D eigenvalue weighted by molar-refractivity contribution is -0.160. The Labute approximate surface area is 146 Å². The minimum absolute atomic E-state index is 0.166. The Hall–Kier alpha value is -1.99. The monoisotopic (exact) mass is 344 g/mol. The van der Waals surface area contributed by atoms with Crippen molar-refractivity contribution in [2.24, 2.45) is 23.2 Å². The van der Waals surface area contributed by atoms with Crippen LogP contribution < -0.4 is 5.32 Å². The van der Waals surface area contributed by atoms with Gasteiger partial charge in [-0.05, 0) is 74.3 Å². The highest BCUT2D eigenvalue weighted by Crippen LogP contribution is 2.60. The van der Waals surface area contributed by atoms with Crippen LogP contribution in [0.3, 0.4) is 0 Å². The Morgan fingerprint density at radius 1 is 1.12 bits per heavy atom. The van der Waals surface area contributed by atoms with Crippen molar-refractivity contribution in [3.63, 3.8) is 0 Å². The average molecular weight is 344 g/mol. The highest BCUT2D eigenvalue weighted by Gasteiger charge is 2.56. The molecule has 1 saturated heterocycles. The highest BCUT2D eigenvalue weighted by molar-refractivity contribution is 5.97. The van der Waals surface area contributed by atoms with Gasteiger partial charge in [0.2, 0.25) is 11.8 Å². The smallest absolute Gasteiger partial charge is 0.269 e. The van der Waals surface area contributed by atoms with Gasteiger partial charge in [-0.25, -0.2) is 0 Å². The molecule has 134 valence electrons. The molecule has 1 aliphatic heterocycles. The van der Waals surface area contributed by atoms with Crippen LogP contribution in [0.15, 0.2) is 0 Å². The first kappa shape index (κ1) is 15.3. The van der Waals surface area contributed by atoms with E-state index in [4.69, 9.17) is 0 Å². The Bertz CT molecular complexity index is 652. The van der Waals surface area contributed by atoms with Gasteiger partial charge >= 0.3 is 0 Å². The molecule has 1 aromatic rings. The first-order valence-corrected chi connectivity index (χ1v) is 9.48. The van der Waals surface area contributed by atoms with Crippen LogP contribution in [0.4, 0.5) is 5.95 Å². The van der Waals surface area contributed by atoms with E-state index in [1.165, 1.54) is 19.3 Å². The summed E-state index contributed by atoms with van der Waals surface area (Å²) < 4.78 is 0. The molecule has 1 aromatic heterocycles. The first-order valence-electron chi connectivity index (χ1n) is 9.48. The molecule has 2 N–H and O–H groups in total. The zero-order chi connectivity index (χ0) is 17.0. The number of tetrazole rings is 1. The van der Waals surface area contributed by atoms with Gasteiger partial charge in [-0.1, -0.05) is 5.10 Å². The summed E-state index contributed by atoms with van der Waals surface area (Å²) in [6, 6.07) is -0.404. The number of aromatic amines is 1. The van der Waals surface area contributed by atoms with E-state index in [2.05, 4.69) is 25.9 Å². The van der Waals surface area contributed by atoms with Crippen LogP contribution in [0.2, 0.25) is 0 Å². The summed E-state index contributed by atoms with van der Waals surface area (Å²) in [5.74, 6) is 2.38. The number of carbonyl (C=O) groups is 2. The van der Waals surface area contributed by atoms with Gasteiger partial charge in [0.15, 0.2) is 0 Å². The minimum Gasteiger partial charge on any atom is -0.330 e. The summed E-state index contributed by atoms with van der Waals surface area (Å²) in [5, 5.41) is 16.0. The number of nitrogens with one attached hydrogen (secondary N) is 2. The number of hydrogen-bond donors (Lipinski definition) is 2. The molecule has 5 fully saturated rings. The van der Waals surface area contributed by atoms with E-state index >= 15 is 0 Å². The van der Waals surface area contributed by atoms with Crippen molar-refractivity contribution in [2.75, 3.05) is 11.9 Å². The Morgan fingerprint density at radius 2 is 1.80 bits per heavy atom. The third-order valence-corrected chi connectivity index (χ3v) is 6.89. The fraction of sp³-hybridized carbons (Fsp3) is 0.824. The SMILES string of the molecule is O=C(Nc1nn[nH]n1)[C@@H]1CCCN1C(=O)C12CC3CC(CC(C3)C1)C2. The van der Waals surface area contributed by atoms with E-state index in [1.54, 1.807) is 0 Å². The molecule has 0 aromatic carbocycles. The van der Waals surface area contributed by atoms with E-state index < -0.39 is 6.04 Å². The summed E-state index contributed by atoms with van der Waals surface area (Å²) in [7, 11) is 0. The molecule has 0 unspecified atom stereocenters. The predicted octanol–water partition coefficient (Wildman–Crippen LogP) is 1.35. The summed E-state index contributed by atoms with van der Waals surface area (Å²) >= 11 is 0. The van der Waals surface area contributed by atoms with E-state index in [1.807, 2.05) is 4.90 Å². The minimum atomic E-state index is -0.404. The van der Waals surface area contributed by atoms with Crippen LogP contribution in [0, 0.1) is 23.2 Å². The van der Waals surface area contributed by atoms with Gasteiger partial charge in [-0.15, -0.1) is 5.10 Å². The maximum absolute atomic E-state index is 13.5. The summed E-state index contributed by atoms with van der Waals surface area (Å²) in [5.41, 5.74) is -0.191. The van der Waals surface area contributed by atoms with Crippen molar-refractivity contribution in [2.45, 2.75) is 57.4 Å². The topological polar surface area (TPSA) is 104 Å². The van der Waals surface area contributed by atoms with Crippen molar-refractivity contribution in [1.82, 2.24) is 25.5 Å². The summed E-state index contributed by atoms with van der Waals surface area (Å²) in [6.45, 7) is 0.685. The fourth-order valence-electron chi connectivity index (χ4n) is 6.37. The molecule has 0 spiro atoms. The molecule has 25 heavy (non-hydrogen) atoms. The Kier molecular flexibility index (Phi) is 3.36. The van der Waals surface area contributed by atoms with Crippen LogP contribution in [-0.2, 0) is 9.59 Å². The van der Waals surface area contributed by atoms with Crippen molar-refractivity contribution in [3.8, 4) is 0 Å². The number of hydrogen-bond acceptors (Lipinski definition) is 5. The van der Waals surface area contributed by atoms with Gasteiger partial charge in [-0.3, -0.25) is 14.9 Å². The van der Waals surface area contributed by atoms with Gasteiger partial charge in [0.25, 0.3) is 5.95 Å². The molecule has 5 aliphatic rings. The number of H-pyrrole nitrogens is 1. The second-order valence-corrected chi connectivity index (χ2v) is 8.58. The lowest BCUT2D eigenvalue weighted by Gasteiger charge is -2.56. The Balaban J connectivity index is 1.35. The standard InChI is InChI=1S/C17H24N6O2/c24-14(18-16-19-21-22-20-16)13-2-1-3-23(13)15(25)17-7-10-4-11(8-17)6-12(5-10)9-17/h10-13H,1-9H2,(H2,18,19,20,21,22,24)/t10?,11?,12?,13-,17?/m0/s1. The molecule has 0 radical (unpaired) electrons. The number of likely N-dealkylation sites (tertiary alicyclic amines) is 1. The lowest BCUT2D eigenvalue weighted by atomic mass is 9.49. The van der Waals surface area contributed by atoms with Gasteiger partial charge in [0.05, 0.1) is 5.41 Å². The first-order chi connectivity index (χ1) is 12.1. The molecular weight excluding hydrogens is 320 g/mol. The summed E-state index contributed by atoms with van der Waals surface area (Å²) in [4.78, 5) is 28.0. The normalized spacial score (nSPS) is 39.0. The number of anilines is 1. The zero-order valence-electron chi connectivity index (χ0n) is 14.3. The second-order valence-electron chi connectivity index (χ2n) is 8.58. The van der Waals surface area contributed by atoms with Gasteiger partial charge < -0.3 is 4.90 Å². The fourth-order valence-corrected chi connectivity index (χ4v) is 6.37. The van der Waals surface area contributed by atoms with Crippen LogP contribution in [0.5, 0.6) is 0 Å². The van der Waals surface area contributed by atoms with Crippen molar-refractivity contribution in [1.29, 1.82) is 0 Å². The van der Waals surface area contributed by atoms with Gasteiger partial charge in [0.1, 0.15) is 6.04 Å². The van der Waals surface area contributed by atoms with Crippen LogP contribution in [-0.4, -0.2) is 49.9 Å². The molecule has 8 nitrogen and oxygen atoms in total. The molecule has 1 atom stereocenters. The largest absolute Gasteiger partial charge is 0.330 e. The maximum Gasteiger partial charge on any atom is 0.269 e. The molecule has 4 aliphatic carbocycles. The molecule has 2 amide bonds. The average Bonchev–Trinajstić information content (AvgIpc) is 3.24. The number of nitrogens with zero attached hydrogens (tertiary/aromatic N) is 4. The zero-order valence-corrected chi connectivity index (χ0v) is 14.3. The van der Waals surface area contributed by atoms with Crippen molar-refractivity contribution >= 4 is 17.8 Å². The van der Waals surface area contributed by atoms with Crippen molar-refractivity contribution < 1.29 is 9.59 Å². The maximum atomic E-state index is 13.5. The number of carbonyl (C=O) groups excluding carboxylic acids is 2. The van der Waals surface area contributed by atoms with E-state index in [9.17, 15) is 9.59 Å². The Morgan fingerprint density at radius 3 is 2.40 bits per heavy atom. The molecule has 4 bridgehead atoms. The highest BCUT2D eigenvalue weighted by atomic mass is 16.2. The van der Waals surface area contributed by atoms with E-state index in [-0.39, 0.29) is 23.2 Å². The lowest BCUT2D eigenvalue weighted by Crippen LogP contribution is -2.56. The summed E-state index contributed by atoms with van der Waals surface area (Å²) in [6.07, 6.45) is 8.63.